The maximum absolute atomic E-state index is 13.6. The molecule has 2 rings (SSSR count). The van der Waals surface area contributed by atoms with E-state index in [4.69, 9.17) is 23.2 Å². The summed E-state index contributed by atoms with van der Waals surface area (Å²) in [6.45, 7) is 0. The second kappa shape index (κ2) is 4.83. The Bertz CT molecular complexity index is 441. The Morgan fingerprint density at radius 2 is 2.18 bits per heavy atom. The van der Waals surface area contributed by atoms with Crippen LogP contribution in [-0.2, 0) is 0 Å². The minimum Gasteiger partial charge on any atom is -0.345 e. The van der Waals surface area contributed by atoms with Gasteiger partial charge in [-0.2, -0.15) is 0 Å². The first kappa shape index (κ1) is 12.7. The van der Waals surface area contributed by atoms with Gasteiger partial charge in [0.1, 0.15) is 0 Å². The lowest BCUT2D eigenvalue weighted by Gasteiger charge is -2.41. The minimum atomic E-state index is -0.685. The van der Waals surface area contributed by atoms with Crippen molar-refractivity contribution in [2.45, 2.75) is 24.8 Å². The summed E-state index contributed by atoms with van der Waals surface area (Å²) in [5.74, 6) is -0.790. The standard InChI is InChI=1S/C12H12Cl2FNO/c13-7-12(5-2-6-12)16-11(17)8-3-1-4-9(14)10(8)15/h1,3-4H,2,5-7H2,(H,16,17). The van der Waals surface area contributed by atoms with Gasteiger partial charge in [-0.3, -0.25) is 4.79 Å². The Morgan fingerprint density at radius 1 is 1.47 bits per heavy atom. The molecule has 1 aromatic carbocycles. The first-order chi connectivity index (χ1) is 8.08. The highest BCUT2D eigenvalue weighted by molar-refractivity contribution is 6.31. The molecule has 1 amide bonds. The summed E-state index contributed by atoms with van der Waals surface area (Å²) in [5, 5.41) is 2.74. The lowest BCUT2D eigenvalue weighted by Crippen LogP contribution is -2.55. The number of hydrogen-bond donors (Lipinski definition) is 1. The second-order valence-electron chi connectivity index (χ2n) is 4.32. The van der Waals surface area contributed by atoms with E-state index < -0.39 is 11.7 Å². The molecule has 0 saturated heterocycles. The molecule has 0 atom stereocenters. The number of carbonyl (C=O) groups is 1. The molecule has 0 bridgehead atoms. The van der Waals surface area contributed by atoms with Crippen LogP contribution in [0.3, 0.4) is 0 Å². The van der Waals surface area contributed by atoms with Crippen molar-refractivity contribution in [2.75, 3.05) is 5.88 Å². The molecule has 0 heterocycles. The van der Waals surface area contributed by atoms with Gasteiger partial charge in [0.05, 0.1) is 16.1 Å². The zero-order valence-corrected chi connectivity index (χ0v) is 10.6. The first-order valence-electron chi connectivity index (χ1n) is 5.40. The molecule has 1 aliphatic carbocycles. The molecule has 1 aromatic rings. The Hall–Kier alpha value is -0.800. The molecule has 0 unspecified atom stereocenters. The Balaban J connectivity index is 2.17. The normalized spacial score (nSPS) is 17.4. The van der Waals surface area contributed by atoms with Crippen LogP contribution >= 0.6 is 23.2 Å². The molecule has 1 saturated carbocycles. The minimum absolute atomic E-state index is 0.0334. The van der Waals surface area contributed by atoms with Crippen LogP contribution in [-0.4, -0.2) is 17.3 Å². The summed E-state index contributed by atoms with van der Waals surface area (Å²) in [7, 11) is 0. The van der Waals surface area contributed by atoms with E-state index in [0.29, 0.717) is 5.88 Å². The van der Waals surface area contributed by atoms with Gasteiger partial charge in [-0.05, 0) is 31.4 Å². The number of halogens is 3. The third kappa shape index (κ3) is 2.40. The Kier molecular flexibility index (Phi) is 3.59. The third-order valence-corrected chi connectivity index (χ3v) is 3.94. The topological polar surface area (TPSA) is 29.1 Å². The second-order valence-corrected chi connectivity index (χ2v) is 5.00. The van der Waals surface area contributed by atoms with Gasteiger partial charge in [0.2, 0.25) is 0 Å². The molecule has 0 aliphatic heterocycles. The van der Waals surface area contributed by atoms with E-state index in [-0.39, 0.29) is 16.1 Å². The molecule has 92 valence electrons. The molecule has 0 radical (unpaired) electrons. The quantitative estimate of drug-likeness (QED) is 0.842. The predicted molar refractivity (Wildman–Crippen MR) is 66.2 cm³/mol. The van der Waals surface area contributed by atoms with Crippen molar-refractivity contribution in [2.24, 2.45) is 0 Å². The van der Waals surface area contributed by atoms with Crippen molar-refractivity contribution in [1.29, 1.82) is 0 Å². The SMILES string of the molecule is O=C(NC1(CCl)CCC1)c1cccc(Cl)c1F. The zero-order valence-electron chi connectivity index (χ0n) is 9.10. The Labute approximate surface area is 109 Å². The van der Waals surface area contributed by atoms with Crippen molar-refractivity contribution >= 4 is 29.1 Å². The number of carbonyl (C=O) groups excluding carboxylic acids is 1. The van der Waals surface area contributed by atoms with Crippen LogP contribution in [0.4, 0.5) is 4.39 Å². The molecule has 0 aromatic heterocycles. The molecular weight excluding hydrogens is 264 g/mol. The average Bonchev–Trinajstić information content (AvgIpc) is 2.27. The molecule has 1 N–H and O–H groups in total. The van der Waals surface area contributed by atoms with Gasteiger partial charge in [-0.15, -0.1) is 11.6 Å². The summed E-state index contributed by atoms with van der Waals surface area (Å²) in [6.07, 6.45) is 2.71. The Morgan fingerprint density at radius 3 is 2.71 bits per heavy atom. The molecule has 2 nitrogen and oxygen atoms in total. The molecule has 17 heavy (non-hydrogen) atoms. The van der Waals surface area contributed by atoms with Crippen LogP contribution in [0.25, 0.3) is 0 Å². The molecular formula is C12H12Cl2FNO. The van der Waals surface area contributed by atoms with Crippen LogP contribution in [0.1, 0.15) is 29.6 Å². The van der Waals surface area contributed by atoms with Crippen molar-refractivity contribution < 1.29 is 9.18 Å². The van der Waals surface area contributed by atoms with E-state index in [9.17, 15) is 9.18 Å². The van der Waals surface area contributed by atoms with E-state index in [1.807, 2.05) is 0 Å². The maximum atomic E-state index is 13.6. The number of rotatable bonds is 3. The lowest BCUT2D eigenvalue weighted by atomic mass is 9.78. The molecule has 1 fully saturated rings. The smallest absolute Gasteiger partial charge is 0.254 e. The van der Waals surface area contributed by atoms with Crippen LogP contribution < -0.4 is 5.32 Å². The van der Waals surface area contributed by atoms with E-state index in [1.165, 1.54) is 12.1 Å². The van der Waals surface area contributed by atoms with E-state index in [1.54, 1.807) is 6.07 Å². The fourth-order valence-electron chi connectivity index (χ4n) is 1.88. The van der Waals surface area contributed by atoms with Crippen LogP contribution in [0.2, 0.25) is 5.02 Å². The van der Waals surface area contributed by atoms with E-state index in [2.05, 4.69) is 5.32 Å². The van der Waals surface area contributed by atoms with Crippen molar-refractivity contribution in [3.05, 3.63) is 34.6 Å². The highest BCUT2D eigenvalue weighted by Crippen LogP contribution is 2.33. The van der Waals surface area contributed by atoms with Gasteiger partial charge in [0.15, 0.2) is 5.82 Å². The predicted octanol–water partition coefficient (Wildman–Crippen LogP) is 3.37. The highest BCUT2D eigenvalue weighted by atomic mass is 35.5. The fraction of sp³-hybridized carbons (Fsp3) is 0.417. The largest absolute Gasteiger partial charge is 0.345 e. The number of hydrogen-bond acceptors (Lipinski definition) is 1. The maximum Gasteiger partial charge on any atom is 0.254 e. The number of nitrogens with one attached hydrogen (secondary N) is 1. The van der Waals surface area contributed by atoms with Crippen LogP contribution in [0, 0.1) is 5.82 Å². The van der Waals surface area contributed by atoms with Crippen LogP contribution in [0.5, 0.6) is 0 Å². The summed E-state index contributed by atoms with van der Waals surface area (Å²) >= 11 is 11.5. The van der Waals surface area contributed by atoms with Gasteiger partial charge in [-0.25, -0.2) is 4.39 Å². The highest BCUT2D eigenvalue weighted by Gasteiger charge is 2.38. The van der Waals surface area contributed by atoms with E-state index in [0.717, 1.165) is 19.3 Å². The van der Waals surface area contributed by atoms with Gasteiger partial charge in [-0.1, -0.05) is 17.7 Å². The number of alkyl halides is 1. The van der Waals surface area contributed by atoms with Gasteiger partial charge >= 0.3 is 0 Å². The lowest BCUT2D eigenvalue weighted by molar-refractivity contribution is 0.0849. The zero-order chi connectivity index (χ0) is 12.5. The molecule has 0 spiro atoms. The summed E-state index contributed by atoms with van der Waals surface area (Å²) in [4.78, 5) is 11.9. The monoisotopic (exact) mass is 275 g/mol. The summed E-state index contributed by atoms with van der Waals surface area (Å²) in [5.41, 5.74) is -0.401. The molecule has 5 heteroatoms. The summed E-state index contributed by atoms with van der Waals surface area (Å²) < 4.78 is 13.6. The van der Waals surface area contributed by atoms with E-state index >= 15 is 0 Å². The third-order valence-electron chi connectivity index (χ3n) is 3.14. The average molecular weight is 276 g/mol. The van der Waals surface area contributed by atoms with Gasteiger partial charge in [0, 0.05) is 5.88 Å². The molecule has 1 aliphatic rings. The van der Waals surface area contributed by atoms with Gasteiger partial charge < -0.3 is 5.32 Å². The summed E-state index contributed by atoms with van der Waals surface area (Å²) in [6, 6.07) is 4.37. The number of benzene rings is 1. The number of amides is 1. The van der Waals surface area contributed by atoms with Crippen LogP contribution in [0.15, 0.2) is 18.2 Å². The first-order valence-corrected chi connectivity index (χ1v) is 6.32. The van der Waals surface area contributed by atoms with Crippen molar-refractivity contribution in [3.63, 3.8) is 0 Å². The van der Waals surface area contributed by atoms with Gasteiger partial charge in [0.25, 0.3) is 5.91 Å². The van der Waals surface area contributed by atoms with Crippen molar-refractivity contribution in [1.82, 2.24) is 5.32 Å². The van der Waals surface area contributed by atoms with Crippen molar-refractivity contribution in [3.8, 4) is 0 Å². The fourth-order valence-corrected chi connectivity index (χ4v) is 2.39.